The summed E-state index contributed by atoms with van der Waals surface area (Å²) in [4.78, 5) is 4.84. The van der Waals surface area contributed by atoms with Crippen LogP contribution >= 0.6 is 0 Å². The Morgan fingerprint density at radius 2 is 2.00 bits per heavy atom. The van der Waals surface area contributed by atoms with Crippen molar-refractivity contribution in [2.24, 2.45) is 11.1 Å². The maximum Gasteiger partial charge on any atom is 0.128 e. The van der Waals surface area contributed by atoms with Crippen LogP contribution in [0.1, 0.15) is 26.3 Å². The molecule has 1 aliphatic rings. The van der Waals surface area contributed by atoms with E-state index >= 15 is 0 Å². The summed E-state index contributed by atoms with van der Waals surface area (Å²) in [5.74, 6) is 1.17. The molecule has 0 spiro atoms. The van der Waals surface area contributed by atoms with Crippen LogP contribution in [0.15, 0.2) is 29.4 Å². The lowest BCUT2D eigenvalue weighted by molar-refractivity contribution is 0.206. The molecular formula is C13H19NO2. The highest BCUT2D eigenvalue weighted by Crippen LogP contribution is 2.27. The minimum Gasteiger partial charge on any atom is -0.492 e. The maximum atomic E-state index is 5.58. The van der Waals surface area contributed by atoms with Gasteiger partial charge in [0.1, 0.15) is 12.9 Å². The monoisotopic (exact) mass is 221 g/mol. The Labute approximate surface area is 97.1 Å². The molecule has 0 saturated heterocycles. The number of para-hydroxylation sites is 1. The van der Waals surface area contributed by atoms with Gasteiger partial charge in [-0.1, -0.05) is 38.1 Å². The molecule has 1 aliphatic heterocycles. The number of rotatable bonds is 1. The molecule has 0 amide bonds. The van der Waals surface area contributed by atoms with E-state index in [1.807, 2.05) is 38.1 Å². The highest BCUT2D eigenvalue weighted by Gasteiger charge is 2.23. The van der Waals surface area contributed by atoms with Crippen molar-refractivity contribution < 1.29 is 9.57 Å². The van der Waals surface area contributed by atoms with Crippen molar-refractivity contribution in [3.8, 4) is 5.75 Å². The van der Waals surface area contributed by atoms with E-state index in [1.54, 1.807) is 7.11 Å². The first-order chi connectivity index (χ1) is 7.83. The molecule has 2 rings (SSSR count). The molecule has 0 radical (unpaired) electrons. The molecule has 0 aromatic heterocycles. The van der Waals surface area contributed by atoms with Gasteiger partial charge >= 0.3 is 0 Å². The Balaban J connectivity index is 0.000000606. The van der Waals surface area contributed by atoms with Crippen LogP contribution in [0.2, 0.25) is 0 Å². The predicted octanol–water partition coefficient (Wildman–Crippen LogP) is 3.09. The summed E-state index contributed by atoms with van der Waals surface area (Å²) in [6.07, 6.45) is 0. The highest BCUT2D eigenvalue weighted by atomic mass is 16.6. The first-order valence-electron chi connectivity index (χ1n) is 5.66. The minimum atomic E-state index is 0.282. The fourth-order valence-electron chi connectivity index (χ4n) is 1.60. The SMILES string of the molecule is CC.CON=C1c2ccccc2OCC1C. The summed E-state index contributed by atoms with van der Waals surface area (Å²) in [6.45, 7) is 6.74. The normalized spacial score (nSPS) is 20.2. The Morgan fingerprint density at radius 1 is 1.31 bits per heavy atom. The van der Waals surface area contributed by atoms with Gasteiger partial charge in [0.25, 0.3) is 0 Å². The lowest BCUT2D eigenvalue weighted by Crippen LogP contribution is -2.26. The summed E-state index contributed by atoms with van der Waals surface area (Å²) in [7, 11) is 1.57. The van der Waals surface area contributed by atoms with Gasteiger partial charge in [0.05, 0.1) is 12.3 Å². The van der Waals surface area contributed by atoms with Gasteiger partial charge in [-0.2, -0.15) is 0 Å². The fraction of sp³-hybridized carbons (Fsp3) is 0.462. The molecule has 0 N–H and O–H groups in total. The molecule has 0 fully saturated rings. The van der Waals surface area contributed by atoms with Crippen LogP contribution < -0.4 is 4.74 Å². The first kappa shape index (κ1) is 12.6. The number of ether oxygens (including phenoxy) is 1. The Morgan fingerprint density at radius 3 is 2.69 bits per heavy atom. The van der Waals surface area contributed by atoms with Gasteiger partial charge in [0.2, 0.25) is 0 Å². The van der Waals surface area contributed by atoms with Crippen LogP contribution in [-0.4, -0.2) is 19.4 Å². The zero-order chi connectivity index (χ0) is 12.0. The topological polar surface area (TPSA) is 30.8 Å². The van der Waals surface area contributed by atoms with Gasteiger partial charge in [-0.3, -0.25) is 0 Å². The van der Waals surface area contributed by atoms with Crippen LogP contribution in [0, 0.1) is 5.92 Å². The summed E-state index contributed by atoms with van der Waals surface area (Å²) < 4.78 is 5.58. The smallest absolute Gasteiger partial charge is 0.128 e. The summed E-state index contributed by atoms with van der Waals surface area (Å²) in [5, 5.41) is 4.04. The molecule has 1 aromatic carbocycles. The quantitative estimate of drug-likeness (QED) is 0.682. The Bertz CT molecular complexity index is 361. The molecule has 0 aliphatic carbocycles. The van der Waals surface area contributed by atoms with E-state index in [1.165, 1.54) is 0 Å². The van der Waals surface area contributed by atoms with Crippen molar-refractivity contribution in [1.29, 1.82) is 0 Å². The van der Waals surface area contributed by atoms with Crippen LogP contribution in [0.5, 0.6) is 5.75 Å². The molecule has 16 heavy (non-hydrogen) atoms. The molecular weight excluding hydrogens is 202 g/mol. The number of oxime groups is 1. The third-order valence-corrected chi connectivity index (χ3v) is 2.31. The summed E-state index contributed by atoms with van der Waals surface area (Å²) >= 11 is 0. The van der Waals surface area contributed by atoms with Gasteiger partial charge in [-0.15, -0.1) is 0 Å². The van der Waals surface area contributed by atoms with Crippen LogP contribution in [0.4, 0.5) is 0 Å². The number of hydrogen-bond acceptors (Lipinski definition) is 3. The van der Waals surface area contributed by atoms with Gasteiger partial charge < -0.3 is 9.57 Å². The maximum absolute atomic E-state index is 5.58. The molecule has 0 saturated carbocycles. The Hall–Kier alpha value is -1.51. The van der Waals surface area contributed by atoms with E-state index in [4.69, 9.17) is 9.57 Å². The third-order valence-electron chi connectivity index (χ3n) is 2.31. The summed E-state index contributed by atoms with van der Waals surface area (Å²) in [5.41, 5.74) is 2.00. The number of benzene rings is 1. The predicted molar refractivity (Wildman–Crippen MR) is 66.0 cm³/mol. The lowest BCUT2D eigenvalue weighted by Gasteiger charge is -2.23. The third kappa shape index (κ3) is 2.54. The van der Waals surface area contributed by atoms with E-state index in [0.717, 1.165) is 17.0 Å². The molecule has 3 nitrogen and oxygen atoms in total. The van der Waals surface area contributed by atoms with E-state index in [-0.39, 0.29) is 5.92 Å². The molecule has 1 atom stereocenters. The van der Waals surface area contributed by atoms with E-state index in [2.05, 4.69) is 12.1 Å². The zero-order valence-corrected chi connectivity index (χ0v) is 10.4. The molecule has 88 valence electrons. The van der Waals surface area contributed by atoms with Crippen molar-refractivity contribution in [3.05, 3.63) is 29.8 Å². The number of hydrogen-bond donors (Lipinski definition) is 0. The van der Waals surface area contributed by atoms with Crippen molar-refractivity contribution in [2.75, 3.05) is 13.7 Å². The van der Waals surface area contributed by atoms with Crippen molar-refractivity contribution in [3.63, 3.8) is 0 Å². The van der Waals surface area contributed by atoms with Crippen molar-refractivity contribution >= 4 is 5.71 Å². The van der Waals surface area contributed by atoms with E-state index in [0.29, 0.717) is 6.61 Å². The second-order valence-corrected chi connectivity index (χ2v) is 3.37. The molecule has 1 unspecified atom stereocenters. The van der Waals surface area contributed by atoms with Gasteiger partial charge in [-0.05, 0) is 12.1 Å². The molecule has 0 bridgehead atoms. The first-order valence-corrected chi connectivity index (χ1v) is 5.66. The number of fused-ring (bicyclic) bond motifs is 1. The van der Waals surface area contributed by atoms with Crippen molar-refractivity contribution in [1.82, 2.24) is 0 Å². The largest absolute Gasteiger partial charge is 0.492 e. The van der Waals surface area contributed by atoms with Gasteiger partial charge in [0.15, 0.2) is 0 Å². The Kier molecular flexibility index (Phi) is 4.83. The molecule has 3 heteroatoms. The second-order valence-electron chi connectivity index (χ2n) is 3.37. The van der Waals surface area contributed by atoms with Crippen LogP contribution in [0.3, 0.4) is 0 Å². The summed E-state index contributed by atoms with van der Waals surface area (Å²) in [6, 6.07) is 7.89. The second kappa shape index (κ2) is 6.16. The standard InChI is InChI=1S/C11H13NO2.C2H6/c1-8-7-14-10-6-4-3-5-9(10)11(8)12-13-2;1-2/h3-6,8H,7H2,1-2H3;1-2H3. The van der Waals surface area contributed by atoms with Crippen molar-refractivity contribution in [2.45, 2.75) is 20.8 Å². The zero-order valence-electron chi connectivity index (χ0n) is 10.4. The molecule has 1 aromatic rings. The number of nitrogens with zero attached hydrogens (tertiary/aromatic N) is 1. The molecule has 1 heterocycles. The van der Waals surface area contributed by atoms with E-state index in [9.17, 15) is 0 Å². The van der Waals surface area contributed by atoms with Gasteiger partial charge in [-0.25, -0.2) is 0 Å². The average molecular weight is 221 g/mol. The van der Waals surface area contributed by atoms with Crippen LogP contribution in [-0.2, 0) is 4.84 Å². The van der Waals surface area contributed by atoms with Crippen LogP contribution in [0.25, 0.3) is 0 Å². The highest BCUT2D eigenvalue weighted by molar-refractivity contribution is 6.04. The van der Waals surface area contributed by atoms with E-state index < -0.39 is 0 Å². The fourth-order valence-corrected chi connectivity index (χ4v) is 1.60. The average Bonchev–Trinajstić information content (AvgIpc) is 2.35. The lowest BCUT2D eigenvalue weighted by atomic mass is 9.96. The minimum absolute atomic E-state index is 0.282. The van der Waals surface area contributed by atoms with Gasteiger partial charge in [0, 0.05) is 11.5 Å².